The van der Waals surface area contributed by atoms with E-state index in [1.54, 1.807) is 6.07 Å². The lowest BCUT2D eigenvalue weighted by molar-refractivity contribution is -0.138. The Morgan fingerprint density at radius 1 is 1.04 bits per heavy atom. The van der Waals surface area contributed by atoms with Crippen LogP contribution in [0.15, 0.2) is 18.2 Å². The quantitative estimate of drug-likeness (QED) is 0.549. The summed E-state index contributed by atoms with van der Waals surface area (Å²) in [6.07, 6.45) is -4.38. The first kappa shape index (κ1) is 23.2. The SMILES string of the molecule is CC(C)(C)[Si](C)(C)OCCN1CCN(Cc2ccc(N)cc2C(F)(F)F)CC1. The highest BCUT2D eigenvalue weighted by Gasteiger charge is 2.37. The second-order valence-electron chi connectivity index (χ2n) is 9.14. The van der Waals surface area contributed by atoms with E-state index in [4.69, 9.17) is 10.2 Å². The Labute approximate surface area is 168 Å². The van der Waals surface area contributed by atoms with Crippen LogP contribution in [0, 0.1) is 0 Å². The summed E-state index contributed by atoms with van der Waals surface area (Å²) in [5.41, 5.74) is 5.35. The number of nitrogens with two attached hydrogens (primary N) is 1. The molecule has 2 N–H and O–H groups in total. The third kappa shape index (κ3) is 6.20. The predicted octanol–water partition coefficient (Wildman–Crippen LogP) is 4.43. The van der Waals surface area contributed by atoms with Crippen LogP contribution in [0.2, 0.25) is 18.1 Å². The summed E-state index contributed by atoms with van der Waals surface area (Å²) in [6, 6.07) is 4.07. The summed E-state index contributed by atoms with van der Waals surface area (Å²) in [7, 11) is -1.74. The number of anilines is 1. The van der Waals surface area contributed by atoms with Gasteiger partial charge in [0.2, 0.25) is 0 Å². The van der Waals surface area contributed by atoms with Crippen molar-refractivity contribution < 1.29 is 17.6 Å². The van der Waals surface area contributed by atoms with Gasteiger partial charge in [0.05, 0.1) is 5.56 Å². The normalized spacial score (nSPS) is 17.9. The zero-order valence-corrected chi connectivity index (χ0v) is 18.7. The number of nitrogens with zero attached hydrogens (tertiary/aromatic N) is 2. The molecule has 0 atom stereocenters. The number of halogens is 3. The number of nitrogen functional groups attached to an aromatic ring is 1. The minimum absolute atomic E-state index is 0.141. The van der Waals surface area contributed by atoms with Crippen molar-refractivity contribution in [3.05, 3.63) is 29.3 Å². The third-order valence-electron chi connectivity index (χ3n) is 5.97. The smallest absolute Gasteiger partial charge is 0.416 e. The van der Waals surface area contributed by atoms with E-state index < -0.39 is 20.1 Å². The molecule has 0 amide bonds. The van der Waals surface area contributed by atoms with E-state index in [1.807, 2.05) is 0 Å². The maximum atomic E-state index is 13.3. The van der Waals surface area contributed by atoms with Gasteiger partial charge >= 0.3 is 6.18 Å². The minimum Gasteiger partial charge on any atom is -0.416 e. The van der Waals surface area contributed by atoms with Crippen LogP contribution >= 0.6 is 0 Å². The molecule has 0 radical (unpaired) electrons. The van der Waals surface area contributed by atoms with Crippen LogP contribution < -0.4 is 5.73 Å². The average Bonchev–Trinajstić information content (AvgIpc) is 2.56. The Balaban J connectivity index is 1.84. The Morgan fingerprint density at radius 2 is 1.61 bits per heavy atom. The van der Waals surface area contributed by atoms with Crippen molar-refractivity contribution in [1.82, 2.24) is 9.80 Å². The van der Waals surface area contributed by atoms with Crippen LogP contribution in [0.4, 0.5) is 18.9 Å². The summed E-state index contributed by atoms with van der Waals surface area (Å²) in [5, 5.41) is 0.195. The van der Waals surface area contributed by atoms with Crippen LogP contribution in [0.3, 0.4) is 0 Å². The Morgan fingerprint density at radius 3 is 2.14 bits per heavy atom. The maximum Gasteiger partial charge on any atom is 0.416 e. The van der Waals surface area contributed by atoms with Gasteiger partial charge in [-0.15, -0.1) is 0 Å². The molecule has 1 aromatic carbocycles. The molecule has 1 fully saturated rings. The van der Waals surface area contributed by atoms with Gasteiger partial charge in [0.25, 0.3) is 0 Å². The second-order valence-corrected chi connectivity index (χ2v) is 14.0. The molecule has 4 nitrogen and oxygen atoms in total. The Hall–Kier alpha value is -1.09. The van der Waals surface area contributed by atoms with E-state index >= 15 is 0 Å². The van der Waals surface area contributed by atoms with E-state index in [0.29, 0.717) is 13.2 Å². The average molecular weight is 418 g/mol. The first-order valence-electron chi connectivity index (χ1n) is 9.84. The molecule has 1 aliphatic rings. The molecular formula is C20H34F3N3OSi. The molecule has 1 saturated heterocycles. The maximum absolute atomic E-state index is 13.3. The fourth-order valence-electron chi connectivity index (χ4n) is 3.05. The standard InChI is InChI=1S/C20H34F3N3OSi/c1-19(2,3)28(4,5)27-13-12-25-8-10-26(11-9-25)15-16-6-7-17(24)14-18(16)20(21,22)23/h6-7,14H,8-13,15,24H2,1-5H3. The molecule has 0 aromatic heterocycles. The van der Waals surface area contributed by atoms with Crippen molar-refractivity contribution in [2.24, 2.45) is 0 Å². The largest absolute Gasteiger partial charge is 0.416 e. The van der Waals surface area contributed by atoms with Gasteiger partial charge in [-0.25, -0.2) is 0 Å². The van der Waals surface area contributed by atoms with Gasteiger partial charge in [0, 0.05) is 51.6 Å². The highest BCUT2D eigenvalue weighted by atomic mass is 28.4. The Bertz CT molecular complexity index is 651. The topological polar surface area (TPSA) is 41.7 Å². The zero-order valence-electron chi connectivity index (χ0n) is 17.7. The molecule has 1 heterocycles. The van der Waals surface area contributed by atoms with Gasteiger partial charge < -0.3 is 10.2 Å². The first-order chi connectivity index (χ1) is 12.8. The molecule has 8 heteroatoms. The molecule has 0 aliphatic carbocycles. The summed E-state index contributed by atoms with van der Waals surface area (Å²) >= 11 is 0. The number of benzene rings is 1. The lowest BCUT2D eigenvalue weighted by Gasteiger charge is -2.38. The van der Waals surface area contributed by atoms with Gasteiger partial charge in [-0.05, 0) is 35.8 Å². The van der Waals surface area contributed by atoms with Crippen LogP contribution in [0.5, 0.6) is 0 Å². The highest BCUT2D eigenvalue weighted by molar-refractivity contribution is 6.74. The molecule has 160 valence electrons. The summed E-state index contributed by atoms with van der Waals surface area (Å²) in [5.74, 6) is 0. The summed E-state index contributed by atoms with van der Waals surface area (Å²) in [4.78, 5) is 4.41. The molecular weight excluding hydrogens is 383 g/mol. The first-order valence-corrected chi connectivity index (χ1v) is 12.7. The molecule has 1 aliphatic heterocycles. The van der Waals surface area contributed by atoms with Crippen LogP contribution in [-0.2, 0) is 17.1 Å². The summed E-state index contributed by atoms with van der Waals surface area (Å²) < 4.78 is 46.0. The van der Waals surface area contributed by atoms with Crippen molar-refractivity contribution >= 4 is 14.0 Å². The monoisotopic (exact) mass is 417 g/mol. The van der Waals surface area contributed by atoms with Crippen molar-refractivity contribution in [1.29, 1.82) is 0 Å². The number of rotatable bonds is 6. The van der Waals surface area contributed by atoms with Gasteiger partial charge in [-0.3, -0.25) is 9.80 Å². The molecule has 0 unspecified atom stereocenters. The van der Waals surface area contributed by atoms with Crippen LogP contribution in [0.25, 0.3) is 0 Å². The molecule has 28 heavy (non-hydrogen) atoms. The molecule has 2 rings (SSSR count). The van der Waals surface area contributed by atoms with Crippen LogP contribution in [0.1, 0.15) is 31.9 Å². The van der Waals surface area contributed by atoms with Crippen molar-refractivity contribution in [3.63, 3.8) is 0 Å². The predicted molar refractivity (Wildman–Crippen MR) is 111 cm³/mol. The van der Waals surface area contributed by atoms with Gasteiger partial charge in [-0.2, -0.15) is 13.2 Å². The number of alkyl halides is 3. The van der Waals surface area contributed by atoms with E-state index in [0.717, 1.165) is 38.8 Å². The zero-order chi connectivity index (χ0) is 21.2. The molecule has 0 spiro atoms. The van der Waals surface area contributed by atoms with E-state index in [9.17, 15) is 13.2 Å². The van der Waals surface area contributed by atoms with Gasteiger partial charge in [0.1, 0.15) is 0 Å². The van der Waals surface area contributed by atoms with Gasteiger partial charge in [-0.1, -0.05) is 26.8 Å². The lowest BCUT2D eigenvalue weighted by Crippen LogP contribution is -2.48. The van der Waals surface area contributed by atoms with Crippen molar-refractivity contribution in [3.8, 4) is 0 Å². The minimum atomic E-state index is -4.38. The fourth-order valence-corrected chi connectivity index (χ4v) is 4.09. The van der Waals surface area contributed by atoms with E-state index in [-0.39, 0.29) is 16.3 Å². The fraction of sp³-hybridized carbons (Fsp3) is 0.700. The van der Waals surface area contributed by atoms with E-state index in [1.165, 1.54) is 6.07 Å². The second kappa shape index (κ2) is 8.73. The highest BCUT2D eigenvalue weighted by Crippen LogP contribution is 2.36. The van der Waals surface area contributed by atoms with E-state index in [2.05, 4.69) is 43.7 Å². The molecule has 0 saturated carbocycles. The third-order valence-corrected chi connectivity index (χ3v) is 10.5. The van der Waals surface area contributed by atoms with Gasteiger partial charge in [0.15, 0.2) is 8.32 Å². The molecule has 1 aromatic rings. The van der Waals surface area contributed by atoms with Crippen molar-refractivity contribution in [2.45, 2.75) is 51.6 Å². The number of hydrogen-bond acceptors (Lipinski definition) is 4. The van der Waals surface area contributed by atoms with Crippen molar-refractivity contribution in [2.75, 3.05) is 45.1 Å². The molecule has 0 bridgehead atoms. The summed E-state index contributed by atoms with van der Waals surface area (Å²) in [6.45, 7) is 16.2. The van der Waals surface area contributed by atoms with Crippen LogP contribution in [-0.4, -0.2) is 57.4 Å². The number of hydrogen-bond donors (Lipinski definition) is 1. The Kier molecular flexibility index (Phi) is 7.23. The number of piperazine rings is 1. The lowest BCUT2D eigenvalue weighted by atomic mass is 10.1.